The highest BCUT2D eigenvalue weighted by Gasteiger charge is 2.21. The summed E-state index contributed by atoms with van der Waals surface area (Å²) in [4.78, 5) is 7.14. The molecular weight excluding hydrogens is 419 g/mol. The highest BCUT2D eigenvalue weighted by atomic mass is 127. The normalized spacial score (nSPS) is 16.1. The van der Waals surface area contributed by atoms with Gasteiger partial charge in [-0.3, -0.25) is 4.99 Å². The molecule has 1 aliphatic rings. The molecule has 7 nitrogen and oxygen atoms in total. The first kappa shape index (κ1) is 21.1. The highest BCUT2D eigenvalue weighted by molar-refractivity contribution is 14.0. The van der Waals surface area contributed by atoms with E-state index in [2.05, 4.69) is 34.3 Å². The van der Waals surface area contributed by atoms with Crippen LogP contribution in [-0.4, -0.2) is 64.5 Å². The Morgan fingerprint density at radius 1 is 1.21 bits per heavy atom. The van der Waals surface area contributed by atoms with Crippen LogP contribution in [0.2, 0.25) is 0 Å². The molecule has 2 heterocycles. The lowest BCUT2D eigenvalue weighted by atomic mass is 10.1. The number of halogens is 1. The maximum absolute atomic E-state index is 5.72. The van der Waals surface area contributed by atoms with Crippen molar-refractivity contribution in [1.29, 1.82) is 0 Å². The lowest BCUT2D eigenvalue weighted by Gasteiger charge is -2.34. The van der Waals surface area contributed by atoms with Crippen molar-refractivity contribution < 1.29 is 4.74 Å². The van der Waals surface area contributed by atoms with Gasteiger partial charge in [0.2, 0.25) is 0 Å². The molecule has 0 aliphatic carbocycles. The molecule has 138 valence electrons. The number of guanidine groups is 1. The van der Waals surface area contributed by atoms with E-state index in [4.69, 9.17) is 9.73 Å². The first-order valence-electron chi connectivity index (χ1n) is 8.80. The summed E-state index contributed by atoms with van der Waals surface area (Å²) < 4.78 is 7.73. The molecule has 0 aromatic carbocycles. The number of ether oxygens (including phenoxy) is 1. The van der Waals surface area contributed by atoms with E-state index in [0.717, 1.165) is 71.0 Å². The first-order chi connectivity index (χ1) is 11.3. The summed E-state index contributed by atoms with van der Waals surface area (Å²) in [6, 6.07) is 0. The van der Waals surface area contributed by atoms with E-state index in [1.165, 1.54) is 0 Å². The summed E-state index contributed by atoms with van der Waals surface area (Å²) in [6.45, 7) is 9.77. The van der Waals surface area contributed by atoms with Crippen molar-refractivity contribution in [2.24, 2.45) is 4.99 Å². The van der Waals surface area contributed by atoms with Crippen LogP contribution in [0.15, 0.2) is 17.6 Å². The van der Waals surface area contributed by atoms with Crippen molar-refractivity contribution in [3.63, 3.8) is 0 Å². The van der Waals surface area contributed by atoms with Crippen LogP contribution >= 0.6 is 24.0 Å². The van der Waals surface area contributed by atoms with Crippen molar-refractivity contribution in [2.45, 2.75) is 52.2 Å². The predicted octanol–water partition coefficient (Wildman–Crippen LogP) is 2.14. The smallest absolute Gasteiger partial charge is 0.193 e. The molecule has 1 aromatic rings. The van der Waals surface area contributed by atoms with Crippen molar-refractivity contribution in [1.82, 2.24) is 25.0 Å². The second-order valence-electron chi connectivity index (χ2n) is 5.78. The van der Waals surface area contributed by atoms with Crippen LogP contribution in [0.1, 0.15) is 39.5 Å². The minimum absolute atomic E-state index is 0. The average Bonchev–Trinajstić information content (AvgIpc) is 3.08. The minimum Gasteiger partial charge on any atom is -0.378 e. The lowest BCUT2D eigenvalue weighted by molar-refractivity contribution is 0.0264. The monoisotopic (exact) mass is 450 g/mol. The summed E-state index contributed by atoms with van der Waals surface area (Å²) in [7, 11) is 0. The second kappa shape index (κ2) is 12.5. The molecule has 1 aliphatic heterocycles. The number of unbranched alkanes of at least 4 members (excludes halogenated alkanes) is 1. The van der Waals surface area contributed by atoms with Gasteiger partial charge in [0.1, 0.15) is 12.7 Å². The Labute approximate surface area is 162 Å². The third kappa shape index (κ3) is 7.33. The quantitative estimate of drug-likeness (QED) is 0.285. The number of aromatic nitrogens is 3. The molecule has 0 spiro atoms. The van der Waals surface area contributed by atoms with Gasteiger partial charge >= 0.3 is 0 Å². The van der Waals surface area contributed by atoms with E-state index in [1.54, 1.807) is 12.7 Å². The fourth-order valence-electron chi connectivity index (χ4n) is 2.82. The molecular formula is C16H31IN6O. The zero-order valence-corrected chi connectivity index (χ0v) is 17.2. The molecule has 0 bridgehead atoms. The van der Waals surface area contributed by atoms with Gasteiger partial charge in [-0.15, -0.1) is 34.2 Å². The van der Waals surface area contributed by atoms with Crippen LogP contribution in [-0.2, 0) is 11.3 Å². The van der Waals surface area contributed by atoms with Gasteiger partial charge in [-0.05, 0) is 39.5 Å². The Hall–Kier alpha value is -0.900. The van der Waals surface area contributed by atoms with Gasteiger partial charge in [0.15, 0.2) is 5.96 Å². The number of rotatable bonds is 8. The predicted molar refractivity (Wildman–Crippen MR) is 107 cm³/mol. The summed E-state index contributed by atoms with van der Waals surface area (Å²) in [5.41, 5.74) is 0. The number of nitrogens with one attached hydrogen (secondary N) is 1. The second-order valence-corrected chi connectivity index (χ2v) is 5.78. The highest BCUT2D eigenvalue weighted by Crippen LogP contribution is 2.13. The van der Waals surface area contributed by atoms with E-state index < -0.39 is 0 Å². The van der Waals surface area contributed by atoms with Crippen LogP contribution in [0.5, 0.6) is 0 Å². The van der Waals surface area contributed by atoms with E-state index in [0.29, 0.717) is 6.10 Å². The van der Waals surface area contributed by atoms with E-state index in [1.807, 2.05) is 4.57 Å². The van der Waals surface area contributed by atoms with Crippen LogP contribution in [0.4, 0.5) is 0 Å². The molecule has 0 saturated carbocycles. The minimum atomic E-state index is 0. The number of piperidine rings is 1. The number of hydrogen-bond acceptors (Lipinski definition) is 4. The molecule has 1 N–H and O–H groups in total. The molecule has 0 radical (unpaired) electrons. The van der Waals surface area contributed by atoms with Crippen molar-refractivity contribution in [3.8, 4) is 0 Å². The molecule has 1 aromatic heterocycles. The standard InChI is InChI=1S/C16H30N6O.HI/c1-3-17-16(22-11-7-15(8-12-22)23-4-2)18-9-5-6-10-21-13-19-20-14-21;/h13-15H,3-12H2,1-2H3,(H,17,18);1H. The van der Waals surface area contributed by atoms with Gasteiger partial charge in [-0.25, -0.2) is 0 Å². The molecule has 0 amide bonds. The number of aryl methyl sites for hydroxylation is 1. The van der Waals surface area contributed by atoms with E-state index in [9.17, 15) is 0 Å². The number of likely N-dealkylation sites (tertiary alicyclic amines) is 1. The third-order valence-corrected chi connectivity index (χ3v) is 4.03. The van der Waals surface area contributed by atoms with Gasteiger partial charge in [-0.2, -0.15) is 0 Å². The lowest BCUT2D eigenvalue weighted by Crippen LogP contribution is -2.47. The molecule has 0 atom stereocenters. The SMILES string of the molecule is CCNC(=NCCCCn1cnnc1)N1CCC(OCC)CC1.I. The number of nitrogens with zero attached hydrogens (tertiary/aromatic N) is 5. The van der Waals surface area contributed by atoms with E-state index >= 15 is 0 Å². The van der Waals surface area contributed by atoms with Gasteiger partial charge in [0, 0.05) is 39.3 Å². The fraction of sp³-hybridized carbons (Fsp3) is 0.812. The van der Waals surface area contributed by atoms with Crippen molar-refractivity contribution in [2.75, 3.05) is 32.8 Å². The fourth-order valence-corrected chi connectivity index (χ4v) is 2.82. The molecule has 2 rings (SSSR count). The topological polar surface area (TPSA) is 67.6 Å². The summed E-state index contributed by atoms with van der Waals surface area (Å²) >= 11 is 0. The number of hydrogen-bond donors (Lipinski definition) is 1. The zero-order chi connectivity index (χ0) is 16.3. The van der Waals surface area contributed by atoms with Crippen molar-refractivity contribution in [3.05, 3.63) is 12.7 Å². The summed E-state index contributed by atoms with van der Waals surface area (Å²) in [5.74, 6) is 1.05. The maximum Gasteiger partial charge on any atom is 0.193 e. The Balaban J connectivity index is 0.00000288. The largest absolute Gasteiger partial charge is 0.378 e. The number of aliphatic imine (C=N–C) groups is 1. The van der Waals surface area contributed by atoms with Crippen LogP contribution < -0.4 is 5.32 Å². The Bertz CT molecular complexity index is 445. The molecule has 1 fully saturated rings. The first-order valence-corrected chi connectivity index (χ1v) is 8.80. The Kier molecular flexibility index (Phi) is 11.0. The van der Waals surface area contributed by atoms with Crippen LogP contribution in [0, 0.1) is 0 Å². The van der Waals surface area contributed by atoms with E-state index in [-0.39, 0.29) is 24.0 Å². The van der Waals surface area contributed by atoms with Gasteiger partial charge in [0.05, 0.1) is 6.10 Å². The molecule has 8 heteroatoms. The summed E-state index contributed by atoms with van der Waals surface area (Å²) in [5, 5.41) is 11.0. The summed E-state index contributed by atoms with van der Waals surface area (Å²) in [6.07, 6.45) is 8.28. The van der Waals surface area contributed by atoms with Crippen LogP contribution in [0.3, 0.4) is 0 Å². The van der Waals surface area contributed by atoms with Crippen LogP contribution in [0.25, 0.3) is 0 Å². The Morgan fingerprint density at radius 3 is 2.54 bits per heavy atom. The van der Waals surface area contributed by atoms with Gasteiger partial charge in [0.25, 0.3) is 0 Å². The average molecular weight is 450 g/mol. The maximum atomic E-state index is 5.72. The molecule has 1 saturated heterocycles. The van der Waals surface area contributed by atoms with Gasteiger partial charge < -0.3 is 19.5 Å². The van der Waals surface area contributed by atoms with Crippen molar-refractivity contribution >= 4 is 29.9 Å². The zero-order valence-electron chi connectivity index (χ0n) is 14.9. The molecule has 0 unspecified atom stereocenters. The third-order valence-electron chi connectivity index (χ3n) is 4.03. The van der Waals surface area contributed by atoms with Gasteiger partial charge in [-0.1, -0.05) is 0 Å². The molecule has 24 heavy (non-hydrogen) atoms. The Morgan fingerprint density at radius 2 is 1.92 bits per heavy atom.